The molecule has 2 aromatic carbocycles. The highest BCUT2D eigenvalue weighted by atomic mass is 35.5. The van der Waals surface area contributed by atoms with Crippen molar-refractivity contribution in [2.75, 3.05) is 18.5 Å². The predicted octanol–water partition coefficient (Wildman–Crippen LogP) is 3.41. The summed E-state index contributed by atoms with van der Waals surface area (Å²) >= 11 is 11.6. The van der Waals surface area contributed by atoms with Gasteiger partial charge in [-0.05, 0) is 30.3 Å². The van der Waals surface area contributed by atoms with Gasteiger partial charge in [-0.15, -0.1) is 0 Å². The van der Waals surface area contributed by atoms with Gasteiger partial charge in [-0.25, -0.2) is 8.78 Å². The lowest BCUT2D eigenvalue weighted by Crippen LogP contribution is -2.35. The monoisotopic (exact) mass is 388 g/mol. The molecule has 132 valence electrons. The number of carbonyl (C=O) groups is 2. The number of nitrogens with one attached hydrogen (secondary N) is 2. The summed E-state index contributed by atoms with van der Waals surface area (Å²) in [4.78, 5) is 23.3. The SMILES string of the molecule is O=C(COc1ccc(Cl)cc1Cl)NCC(=O)Nc1ccc(F)c(F)c1. The van der Waals surface area contributed by atoms with E-state index in [1.165, 1.54) is 18.2 Å². The summed E-state index contributed by atoms with van der Waals surface area (Å²) in [5.74, 6) is -3.01. The van der Waals surface area contributed by atoms with E-state index in [0.717, 1.165) is 12.1 Å². The summed E-state index contributed by atoms with van der Waals surface area (Å²) in [6, 6.07) is 7.44. The molecule has 25 heavy (non-hydrogen) atoms. The maximum atomic E-state index is 13.0. The van der Waals surface area contributed by atoms with Gasteiger partial charge in [0.15, 0.2) is 18.2 Å². The summed E-state index contributed by atoms with van der Waals surface area (Å²) in [5.41, 5.74) is 0.0716. The molecule has 0 aliphatic heterocycles. The normalized spacial score (nSPS) is 10.2. The molecule has 0 aliphatic carbocycles. The van der Waals surface area contributed by atoms with Crippen molar-refractivity contribution in [1.29, 1.82) is 0 Å². The Labute approximate surface area is 151 Å². The van der Waals surface area contributed by atoms with Crippen LogP contribution in [0.5, 0.6) is 5.75 Å². The fourth-order valence-electron chi connectivity index (χ4n) is 1.74. The molecular weight excluding hydrogens is 377 g/mol. The van der Waals surface area contributed by atoms with E-state index in [9.17, 15) is 18.4 Å². The molecule has 0 heterocycles. The molecular formula is C16H12Cl2F2N2O3. The standard InChI is InChI=1S/C16H12Cl2F2N2O3/c17-9-1-4-14(11(18)5-9)25-8-16(24)21-7-15(23)22-10-2-3-12(19)13(20)6-10/h1-6H,7-8H2,(H,21,24)(H,22,23). The van der Waals surface area contributed by atoms with Crippen LogP contribution in [0.25, 0.3) is 0 Å². The number of rotatable bonds is 6. The zero-order chi connectivity index (χ0) is 18.4. The van der Waals surface area contributed by atoms with Crippen LogP contribution in [-0.4, -0.2) is 25.0 Å². The van der Waals surface area contributed by atoms with Crippen LogP contribution in [0.4, 0.5) is 14.5 Å². The summed E-state index contributed by atoms with van der Waals surface area (Å²) in [5, 5.41) is 5.31. The Kier molecular flexibility index (Phi) is 6.55. The van der Waals surface area contributed by atoms with Crippen molar-refractivity contribution < 1.29 is 23.1 Å². The Hall–Kier alpha value is -2.38. The summed E-state index contributed by atoms with van der Waals surface area (Å²) in [7, 11) is 0. The Morgan fingerprint density at radius 3 is 2.44 bits per heavy atom. The fraction of sp³-hybridized carbons (Fsp3) is 0.125. The van der Waals surface area contributed by atoms with E-state index >= 15 is 0 Å². The number of benzene rings is 2. The second-order valence-electron chi connectivity index (χ2n) is 4.82. The molecule has 0 saturated heterocycles. The lowest BCUT2D eigenvalue weighted by molar-refractivity contribution is -0.125. The highest BCUT2D eigenvalue weighted by molar-refractivity contribution is 6.35. The Morgan fingerprint density at radius 2 is 1.76 bits per heavy atom. The van der Waals surface area contributed by atoms with Crippen LogP contribution in [0.15, 0.2) is 36.4 Å². The molecule has 0 radical (unpaired) electrons. The van der Waals surface area contributed by atoms with E-state index in [0.29, 0.717) is 5.02 Å². The Bertz CT molecular complexity index is 803. The van der Waals surface area contributed by atoms with Crippen LogP contribution in [0, 0.1) is 11.6 Å². The number of hydrogen-bond acceptors (Lipinski definition) is 3. The fourth-order valence-corrected chi connectivity index (χ4v) is 2.21. The average molecular weight is 389 g/mol. The molecule has 0 atom stereocenters. The van der Waals surface area contributed by atoms with Gasteiger partial charge in [0, 0.05) is 16.8 Å². The van der Waals surface area contributed by atoms with Crippen molar-refractivity contribution >= 4 is 40.7 Å². The van der Waals surface area contributed by atoms with Crippen molar-refractivity contribution in [3.8, 4) is 5.75 Å². The van der Waals surface area contributed by atoms with Crippen molar-refractivity contribution in [1.82, 2.24) is 5.32 Å². The first-order valence-electron chi connectivity index (χ1n) is 6.94. The van der Waals surface area contributed by atoms with Gasteiger partial charge < -0.3 is 15.4 Å². The van der Waals surface area contributed by atoms with Crippen molar-refractivity contribution in [3.63, 3.8) is 0 Å². The largest absolute Gasteiger partial charge is 0.482 e. The molecule has 2 rings (SSSR count). The quantitative estimate of drug-likeness (QED) is 0.796. The van der Waals surface area contributed by atoms with Gasteiger partial charge >= 0.3 is 0 Å². The van der Waals surface area contributed by atoms with E-state index in [1.54, 1.807) is 6.07 Å². The maximum absolute atomic E-state index is 13.0. The predicted molar refractivity (Wildman–Crippen MR) is 90.0 cm³/mol. The van der Waals surface area contributed by atoms with Crippen LogP contribution in [0.3, 0.4) is 0 Å². The zero-order valence-corrected chi connectivity index (χ0v) is 14.1. The van der Waals surface area contributed by atoms with Gasteiger partial charge in [-0.3, -0.25) is 9.59 Å². The number of halogens is 4. The molecule has 2 aromatic rings. The van der Waals surface area contributed by atoms with Crippen LogP contribution in [0.2, 0.25) is 10.0 Å². The van der Waals surface area contributed by atoms with Crippen molar-refractivity contribution in [3.05, 3.63) is 58.1 Å². The second-order valence-corrected chi connectivity index (χ2v) is 5.66. The number of ether oxygens (including phenoxy) is 1. The minimum atomic E-state index is -1.09. The van der Waals surface area contributed by atoms with Crippen LogP contribution >= 0.6 is 23.2 Å². The van der Waals surface area contributed by atoms with Gasteiger partial charge in [-0.1, -0.05) is 23.2 Å². The summed E-state index contributed by atoms with van der Waals surface area (Å²) < 4.78 is 31.0. The van der Waals surface area contributed by atoms with Crippen LogP contribution in [-0.2, 0) is 9.59 Å². The molecule has 5 nitrogen and oxygen atoms in total. The minimum absolute atomic E-state index is 0.0716. The third-order valence-electron chi connectivity index (χ3n) is 2.90. The molecule has 0 aromatic heterocycles. The van der Waals surface area contributed by atoms with Gasteiger partial charge in [0.25, 0.3) is 5.91 Å². The van der Waals surface area contributed by atoms with Gasteiger partial charge in [-0.2, -0.15) is 0 Å². The molecule has 0 fully saturated rings. The Balaban J connectivity index is 1.77. The number of hydrogen-bond donors (Lipinski definition) is 2. The summed E-state index contributed by atoms with van der Waals surface area (Å²) in [6.07, 6.45) is 0. The van der Waals surface area contributed by atoms with E-state index in [1.807, 2.05) is 0 Å². The lowest BCUT2D eigenvalue weighted by Gasteiger charge is -2.09. The smallest absolute Gasteiger partial charge is 0.258 e. The van der Waals surface area contributed by atoms with E-state index in [4.69, 9.17) is 27.9 Å². The van der Waals surface area contributed by atoms with Crippen molar-refractivity contribution in [2.24, 2.45) is 0 Å². The second kappa shape index (κ2) is 8.64. The maximum Gasteiger partial charge on any atom is 0.258 e. The molecule has 0 aliphatic rings. The molecule has 0 bridgehead atoms. The first kappa shape index (κ1) is 19.0. The zero-order valence-electron chi connectivity index (χ0n) is 12.6. The van der Waals surface area contributed by atoms with Gasteiger partial charge in [0.2, 0.25) is 5.91 Å². The first-order valence-corrected chi connectivity index (χ1v) is 7.70. The van der Waals surface area contributed by atoms with Crippen LogP contribution in [0.1, 0.15) is 0 Å². The summed E-state index contributed by atoms with van der Waals surface area (Å²) in [6.45, 7) is -0.727. The average Bonchev–Trinajstić information content (AvgIpc) is 2.55. The van der Waals surface area contributed by atoms with E-state index in [-0.39, 0.29) is 29.6 Å². The number of carbonyl (C=O) groups excluding carboxylic acids is 2. The van der Waals surface area contributed by atoms with Crippen LogP contribution < -0.4 is 15.4 Å². The molecule has 2 amide bonds. The molecule has 9 heteroatoms. The van der Waals surface area contributed by atoms with E-state index < -0.39 is 23.4 Å². The Morgan fingerprint density at radius 1 is 1.00 bits per heavy atom. The number of anilines is 1. The molecule has 0 unspecified atom stereocenters. The minimum Gasteiger partial charge on any atom is -0.482 e. The van der Waals surface area contributed by atoms with Crippen molar-refractivity contribution in [2.45, 2.75) is 0 Å². The third-order valence-corrected chi connectivity index (χ3v) is 3.43. The molecule has 0 spiro atoms. The van der Waals surface area contributed by atoms with E-state index in [2.05, 4.69) is 10.6 Å². The molecule has 2 N–H and O–H groups in total. The highest BCUT2D eigenvalue weighted by Crippen LogP contribution is 2.27. The first-order chi connectivity index (χ1) is 11.8. The molecule has 0 saturated carbocycles. The van der Waals surface area contributed by atoms with Gasteiger partial charge in [0.05, 0.1) is 11.6 Å². The lowest BCUT2D eigenvalue weighted by atomic mass is 10.3. The topological polar surface area (TPSA) is 67.4 Å². The third kappa shape index (κ3) is 5.88. The van der Waals surface area contributed by atoms with Gasteiger partial charge in [0.1, 0.15) is 5.75 Å². The highest BCUT2D eigenvalue weighted by Gasteiger charge is 2.10. The number of amides is 2.